The summed E-state index contributed by atoms with van der Waals surface area (Å²) in [4.78, 5) is 0. The molecular weight excluding hydrogens is 350 g/mol. The standard InChI is InChI=1S/C17H28F6S/c1-2-3-4-5-6-10-13-24-16(20,17(21,22)23)15(18,19)14-11-8-7-9-12-14/h14H,2-13H2,1H3. The Labute approximate surface area is 145 Å². The van der Waals surface area contributed by atoms with E-state index in [9.17, 15) is 26.3 Å². The summed E-state index contributed by atoms with van der Waals surface area (Å²) in [6, 6.07) is 0. The predicted octanol–water partition coefficient (Wildman–Crippen LogP) is 7.52. The maximum Gasteiger partial charge on any atom is 0.438 e. The molecule has 1 unspecified atom stereocenters. The number of thioether (sulfide) groups is 1. The molecule has 0 nitrogen and oxygen atoms in total. The molecule has 1 aliphatic rings. The summed E-state index contributed by atoms with van der Waals surface area (Å²) >= 11 is -0.246. The lowest BCUT2D eigenvalue weighted by Gasteiger charge is -2.40. The third-order valence-electron chi connectivity index (χ3n) is 4.71. The molecule has 1 saturated carbocycles. The summed E-state index contributed by atoms with van der Waals surface area (Å²) in [6.07, 6.45) is 0.854. The van der Waals surface area contributed by atoms with Crippen molar-refractivity contribution in [2.75, 3.05) is 5.75 Å². The second-order valence-corrected chi connectivity index (χ2v) is 7.93. The minimum Gasteiger partial charge on any atom is -0.215 e. The maximum absolute atomic E-state index is 14.6. The number of alkyl halides is 6. The summed E-state index contributed by atoms with van der Waals surface area (Å²) < 4.78 is 82.9. The Morgan fingerprint density at radius 2 is 1.33 bits per heavy atom. The minimum atomic E-state index is -5.57. The van der Waals surface area contributed by atoms with Crippen molar-refractivity contribution in [3.8, 4) is 0 Å². The third kappa shape index (κ3) is 5.46. The van der Waals surface area contributed by atoms with E-state index in [1.165, 1.54) is 0 Å². The zero-order chi connectivity index (χ0) is 18.3. The van der Waals surface area contributed by atoms with Crippen molar-refractivity contribution >= 4 is 11.8 Å². The van der Waals surface area contributed by atoms with Gasteiger partial charge in [0, 0.05) is 5.92 Å². The van der Waals surface area contributed by atoms with Gasteiger partial charge in [-0.3, -0.25) is 0 Å². The Hall–Kier alpha value is -0.0700. The monoisotopic (exact) mass is 378 g/mol. The minimum absolute atomic E-state index is 0.0354. The predicted molar refractivity (Wildman–Crippen MR) is 87.3 cm³/mol. The molecule has 144 valence electrons. The Kier molecular flexibility index (Phi) is 8.77. The fraction of sp³-hybridized carbons (Fsp3) is 1.00. The van der Waals surface area contributed by atoms with Gasteiger partial charge in [-0.05, 0) is 25.0 Å². The Morgan fingerprint density at radius 3 is 1.88 bits per heavy atom. The van der Waals surface area contributed by atoms with Gasteiger partial charge in [0.1, 0.15) is 0 Å². The van der Waals surface area contributed by atoms with Crippen molar-refractivity contribution in [1.29, 1.82) is 0 Å². The number of rotatable bonds is 10. The molecule has 0 spiro atoms. The summed E-state index contributed by atoms with van der Waals surface area (Å²) in [5.74, 6) is -6.13. The number of hydrogen-bond donors (Lipinski definition) is 0. The lowest BCUT2D eigenvalue weighted by Crippen LogP contribution is -2.56. The van der Waals surface area contributed by atoms with Crippen molar-refractivity contribution in [3.05, 3.63) is 0 Å². The van der Waals surface area contributed by atoms with E-state index in [0.29, 0.717) is 25.7 Å². The Bertz CT molecular complexity index is 351. The zero-order valence-corrected chi connectivity index (χ0v) is 15.1. The van der Waals surface area contributed by atoms with Crippen LogP contribution in [0, 0.1) is 5.92 Å². The molecule has 0 aromatic heterocycles. The molecule has 1 fully saturated rings. The molecule has 0 heterocycles. The van der Waals surface area contributed by atoms with E-state index in [1.54, 1.807) is 0 Å². The molecule has 0 bridgehead atoms. The van der Waals surface area contributed by atoms with Gasteiger partial charge in [-0.2, -0.15) is 13.2 Å². The molecule has 0 radical (unpaired) electrons. The molecule has 0 aliphatic heterocycles. The average Bonchev–Trinajstić information content (AvgIpc) is 2.53. The van der Waals surface area contributed by atoms with Gasteiger partial charge >= 0.3 is 17.1 Å². The summed E-state index contributed by atoms with van der Waals surface area (Å²) in [5.41, 5.74) is 0. The fourth-order valence-electron chi connectivity index (χ4n) is 3.19. The van der Waals surface area contributed by atoms with Crippen LogP contribution >= 0.6 is 11.8 Å². The van der Waals surface area contributed by atoms with Crippen LogP contribution in [0.1, 0.15) is 77.6 Å². The molecule has 0 aromatic rings. The van der Waals surface area contributed by atoms with Crippen LogP contribution in [0.5, 0.6) is 0 Å². The topological polar surface area (TPSA) is 0 Å². The molecule has 0 N–H and O–H groups in total. The average molecular weight is 378 g/mol. The molecular formula is C17H28F6S. The first-order valence-corrected chi connectivity index (χ1v) is 9.92. The quantitative estimate of drug-likeness (QED) is 0.280. The fourth-order valence-corrected chi connectivity index (χ4v) is 4.34. The Balaban J connectivity index is 2.65. The first-order chi connectivity index (χ1) is 11.2. The van der Waals surface area contributed by atoms with Gasteiger partial charge in [-0.1, -0.05) is 58.3 Å². The molecule has 1 aliphatic carbocycles. The van der Waals surface area contributed by atoms with Gasteiger partial charge in [-0.25, -0.2) is 13.2 Å². The Morgan fingerprint density at radius 1 is 0.792 bits per heavy atom. The van der Waals surface area contributed by atoms with Crippen LogP contribution in [-0.4, -0.2) is 22.9 Å². The van der Waals surface area contributed by atoms with Gasteiger partial charge in [0.25, 0.3) is 0 Å². The molecule has 0 aromatic carbocycles. The van der Waals surface area contributed by atoms with E-state index >= 15 is 0 Å². The number of unbranched alkanes of at least 4 members (excludes halogenated alkanes) is 5. The van der Waals surface area contributed by atoms with E-state index in [2.05, 4.69) is 0 Å². The third-order valence-corrected chi connectivity index (χ3v) is 6.10. The van der Waals surface area contributed by atoms with Gasteiger partial charge in [0.05, 0.1) is 0 Å². The molecule has 24 heavy (non-hydrogen) atoms. The van der Waals surface area contributed by atoms with E-state index in [0.717, 1.165) is 32.1 Å². The van der Waals surface area contributed by atoms with Crippen LogP contribution in [0.25, 0.3) is 0 Å². The first kappa shape index (κ1) is 22.0. The SMILES string of the molecule is CCCCCCCCSC(F)(C(F)(F)F)C(F)(F)C1CCCCC1. The van der Waals surface area contributed by atoms with E-state index in [-0.39, 0.29) is 30.4 Å². The lowest BCUT2D eigenvalue weighted by atomic mass is 9.82. The van der Waals surface area contributed by atoms with Gasteiger partial charge < -0.3 is 0 Å². The van der Waals surface area contributed by atoms with Crippen molar-refractivity contribution in [3.63, 3.8) is 0 Å². The largest absolute Gasteiger partial charge is 0.438 e. The highest BCUT2D eigenvalue weighted by molar-refractivity contribution is 8.00. The van der Waals surface area contributed by atoms with Crippen molar-refractivity contribution < 1.29 is 26.3 Å². The molecule has 0 saturated heterocycles. The van der Waals surface area contributed by atoms with Crippen LogP contribution in [0.15, 0.2) is 0 Å². The summed E-state index contributed by atoms with van der Waals surface area (Å²) in [7, 11) is 0. The second kappa shape index (κ2) is 9.58. The molecule has 1 atom stereocenters. The first-order valence-electron chi connectivity index (χ1n) is 8.94. The number of hydrogen-bond acceptors (Lipinski definition) is 1. The van der Waals surface area contributed by atoms with Crippen LogP contribution in [0.4, 0.5) is 26.3 Å². The van der Waals surface area contributed by atoms with E-state index in [4.69, 9.17) is 0 Å². The smallest absolute Gasteiger partial charge is 0.215 e. The van der Waals surface area contributed by atoms with E-state index in [1.807, 2.05) is 6.92 Å². The molecule has 0 amide bonds. The highest BCUT2D eigenvalue weighted by atomic mass is 32.2. The molecule has 7 heteroatoms. The zero-order valence-electron chi connectivity index (χ0n) is 14.2. The van der Waals surface area contributed by atoms with Crippen molar-refractivity contribution in [1.82, 2.24) is 0 Å². The van der Waals surface area contributed by atoms with Gasteiger partial charge in [-0.15, -0.1) is 11.8 Å². The van der Waals surface area contributed by atoms with Crippen LogP contribution in [0.3, 0.4) is 0 Å². The molecule has 1 rings (SSSR count). The van der Waals surface area contributed by atoms with Crippen LogP contribution in [-0.2, 0) is 0 Å². The summed E-state index contributed by atoms with van der Waals surface area (Å²) in [5, 5.41) is -4.48. The van der Waals surface area contributed by atoms with Crippen molar-refractivity contribution in [2.24, 2.45) is 5.92 Å². The highest BCUT2D eigenvalue weighted by Gasteiger charge is 2.73. The summed E-state index contributed by atoms with van der Waals surface area (Å²) in [6.45, 7) is 2.05. The van der Waals surface area contributed by atoms with Crippen molar-refractivity contribution in [2.45, 2.75) is 94.7 Å². The van der Waals surface area contributed by atoms with E-state index < -0.39 is 23.0 Å². The van der Waals surface area contributed by atoms with Crippen LogP contribution < -0.4 is 0 Å². The lowest BCUT2D eigenvalue weighted by molar-refractivity contribution is -0.277. The number of halogens is 6. The second-order valence-electron chi connectivity index (χ2n) is 6.67. The van der Waals surface area contributed by atoms with Crippen LogP contribution in [0.2, 0.25) is 0 Å². The van der Waals surface area contributed by atoms with Gasteiger partial charge in [0.2, 0.25) is 0 Å². The normalized spacial score (nSPS) is 20.1. The van der Waals surface area contributed by atoms with Gasteiger partial charge in [0.15, 0.2) is 0 Å². The maximum atomic E-state index is 14.6. The highest BCUT2D eigenvalue weighted by Crippen LogP contribution is 2.57.